The first-order valence-corrected chi connectivity index (χ1v) is 39.2. The fourth-order valence-electron chi connectivity index (χ4n) is 20.0. The van der Waals surface area contributed by atoms with Crippen LogP contribution >= 0.6 is 14.5 Å². The van der Waals surface area contributed by atoms with Gasteiger partial charge in [-0.2, -0.15) is 5.26 Å². The van der Waals surface area contributed by atoms with E-state index in [4.69, 9.17) is 15.2 Å². The molecule has 0 saturated heterocycles. The Hall–Kier alpha value is -3.97. The quantitative estimate of drug-likeness (QED) is 0.0523. The number of rotatable bonds is 10. The van der Waals surface area contributed by atoms with Gasteiger partial charge in [0.05, 0.1) is 6.07 Å². The third-order valence-electron chi connectivity index (χ3n) is 23.0. The fraction of sp³-hybridized carbons (Fsp3) is 0.639. The Balaban J connectivity index is 0.000000275. The summed E-state index contributed by atoms with van der Waals surface area (Å²) in [6.45, 7) is 18.6. The number of aliphatic carboxylic acids is 1. The minimum absolute atomic E-state index is 0. The molecule has 27 heteroatoms. The number of halogens is 20. The second kappa shape index (κ2) is 36.2. The molecule has 0 unspecified atom stereocenters. The van der Waals surface area contributed by atoms with E-state index in [1.165, 1.54) is 79.4 Å². The van der Waals surface area contributed by atoms with Crippen LogP contribution in [-0.4, -0.2) is 56.4 Å². The first-order chi connectivity index (χ1) is 46.0. The van der Waals surface area contributed by atoms with Gasteiger partial charge in [0.25, 0.3) is 0 Å². The van der Waals surface area contributed by atoms with Crippen molar-refractivity contribution >= 4 is 48.5 Å². The standard InChI is InChI=1S/C24BF20.2C22H43P.C2H3N.C2H4O2.Pd/c26-5-1(6(27)14(35)21(42)13(5)34)25(2-7(28)15(36)22(43)16(37)8(2)29,3-9(30)17(38)23(44)18(39)10(3)31)4-11(32)19(40)24(45)20(41)12(4)33;2*1-22(2,3)23(19-13-7-4-8-14-19,20-15-9-5-10-16-20)21-17-11-6-12-18-21;1-2-3;1-2(3)4;/h;2*19-21,23H,4-18H2,1-3H3;1H3;1H3,(H,3,4);/q-1;;;;;+2/p-1. The molecule has 560 valence electrons. The predicted molar refractivity (Wildman–Crippen MR) is 349 cm³/mol. The summed E-state index contributed by atoms with van der Waals surface area (Å²) in [5.41, 5.74) is -7.32. The van der Waals surface area contributed by atoms with Gasteiger partial charge >= 0.3 is 313 Å². The second-order valence-electron chi connectivity index (χ2n) is 29.9. The van der Waals surface area contributed by atoms with Gasteiger partial charge in [-0.3, -0.25) is 0 Å². The molecule has 99 heavy (non-hydrogen) atoms. The number of benzene rings is 4. The van der Waals surface area contributed by atoms with Crippen molar-refractivity contribution in [3.63, 3.8) is 0 Å². The van der Waals surface area contributed by atoms with Crippen LogP contribution in [0.3, 0.4) is 0 Å². The maximum absolute atomic E-state index is 15.4. The van der Waals surface area contributed by atoms with Gasteiger partial charge in [-0.05, 0) is 6.92 Å². The van der Waals surface area contributed by atoms with Crippen LogP contribution in [0, 0.1) is 128 Å². The molecule has 6 aliphatic rings. The van der Waals surface area contributed by atoms with Crippen molar-refractivity contribution in [1.82, 2.24) is 0 Å². The number of nitriles is 1. The Morgan fingerprint density at radius 3 is 0.515 bits per heavy atom. The minimum atomic E-state index is -7.22. The number of hydrogen-bond donors (Lipinski definition) is 0. The van der Waals surface area contributed by atoms with Crippen molar-refractivity contribution in [3.05, 3.63) is 116 Å². The fourth-order valence-corrected chi connectivity index (χ4v) is 39.6. The third-order valence-corrected chi connectivity index (χ3v) is 39.8. The number of carbonyl (C=O) groups excluding carboxylic acids is 1. The average molecular weight is 1560 g/mol. The molecule has 0 spiro atoms. The molecule has 0 bridgehead atoms. The normalized spacial score (nSPS) is 18.8. The summed E-state index contributed by atoms with van der Waals surface area (Å²) < 4.78 is 294. The van der Waals surface area contributed by atoms with Gasteiger partial charge in [0.2, 0.25) is 0 Å². The van der Waals surface area contributed by atoms with Crippen molar-refractivity contribution in [2.75, 3.05) is 0 Å². The molecular weight excluding hydrogens is 1470 g/mol. The van der Waals surface area contributed by atoms with Crippen LogP contribution in [0.2, 0.25) is 0 Å². The molecule has 0 aromatic heterocycles. The zero-order chi connectivity index (χ0) is 73.3. The van der Waals surface area contributed by atoms with E-state index >= 15 is 35.1 Å². The van der Waals surface area contributed by atoms with Gasteiger partial charge in [-0.25, -0.2) is 87.8 Å². The van der Waals surface area contributed by atoms with E-state index in [0.29, 0.717) is 10.3 Å². The second-order valence-corrected chi connectivity index (χ2v) is 41.5. The Labute approximate surface area is 583 Å². The summed E-state index contributed by atoms with van der Waals surface area (Å²) in [4.78, 5) is 8.89. The summed E-state index contributed by atoms with van der Waals surface area (Å²) in [6, 6.07) is 1.75. The molecule has 6 aliphatic carbocycles. The smallest absolute Gasteiger partial charge is 0.207 e. The number of carbonyl (C=O) groups is 1. The summed E-state index contributed by atoms with van der Waals surface area (Å²) in [5.74, 6) is -72.5. The predicted octanol–water partition coefficient (Wildman–Crippen LogP) is 20.2. The van der Waals surface area contributed by atoms with E-state index in [-0.39, 0.29) is 20.4 Å². The Morgan fingerprint density at radius 1 is 0.313 bits per heavy atom. The Morgan fingerprint density at radius 2 is 0.414 bits per heavy atom. The number of carboxylic acids is 1. The number of nitrogens with zero attached hydrogens (tertiary/aromatic N) is 1. The largest absolute Gasteiger partial charge is 2.00 e. The monoisotopic (exact) mass is 1560 g/mol. The van der Waals surface area contributed by atoms with Gasteiger partial charge < -0.3 is 9.90 Å². The third kappa shape index (κ3) is 16.8. The van der Waals surface area contributed by atoms with Gasteiger partial charge in [0, 0.05) is 12.9 Å². The molecule has 4 aromatic rings. The molecule has 3 nitrogen and oxygen atoms in total. The Bertz CT molecular complexity index is 2900. The van der Waals surface area contributed by atoms with Crippen LogP contribution in [0.25, 0.3) is 0 Å². The van der Waals surface area contributed by atoms with E-state index in [9.17, 15) is 52.7 Å². The van der Waals surface area contributed by atoms with Crippen LogP contribution in [0.1, 0.15) is 248 Å². The number of carboxylic acid groups (broad SMARTS) is 1. The van der Waals surface area contributed by atoms with Gasteiger partial charge in [0.1, 0.15) is 52.7 Å². The molecule has 10 rings (SSSR count). The van der Waals surface area contributed by atoms with Crippen LogP contribution < -0.4 is 27.0 Å². The molecule has 4 aromatic carbocycles. The van der Waals surface area contributed by atoms with Crippen LogP contribution in [0.4, 0.5) is 87.8 Å². The van der Waals surface area contributed by atoms with Crippen LogP contribution in [0.5, 0.6) is 0 Å². The van der Waals surface area contributed by atoms with E-state index in [0.717, 1.165) is 6.92 Å². The molecule has 0 radical (unpaired) electrons. The SMILES string of the molecule is CC#N.CC(=O)[O-].CC(C)(C)[PH](C1CCCCC1)(C1CCCCC1)C1CCCCC1.CC(C)(C)[PH](C1CCCCC1)(C1CCCCC1)C1CCCCC1.Fc1c(F)c(F)c([B-](c2c(F)c(F)c(F)c(F)c2F)(c2c(F)c(F)c(F)c(F)c2F)c2c(F)c(F)c(F)c(F)c2F)c(F)c1F.[Pd+2]. The zero-order valence-electron chi connectivity index (χ0n) is 57.4. The molecular formula is C72H92BF20NO2P2Pd. The average Bonchev–Trinajstić information content (AvgIpc) is 0.682. The van der Waals surface area contributed by atoms with Crippen molar-refractivity contribution in [3.8, 4) is 6.07 Å². The van der Waals surface area contributed by atoms with Gasteiger partial charge in [-0.15, -0.1) is 21.9 Å². The molecule has 0 amide bonds. The van der Waals surface area contributed by atoms with Crippen molar-refractivity contribution in [2.24, 2.45) is 0 Å². The van der Waals surface area contributed by atoms with Crippen LogP contribution in [0.15, 0.2) is 0 Å². The van der Waals surface area contributed by atoms with E-state index in [1.54, 1.807) is 160 Å². The molecule has 6 saturated carbocycles. The Kier molecular flexibility index (Phi) is 31.3. The number of hydrogen-bond acceptors (Lipinski definition) is 3. The zero-order valence-corrected chi connectivity index (χ0v) is 60.9. The topological polar surface area (TPSA) is 63.9 Å². The van der Waals surface area contributed by atoms with E-state index in [1.807, 2.05) is 0 Å². The maximum Gasteiger partial charge on any atom is 2.00 e. The van der Waals surface area contributed by atoms with E-state index in [2.05, 4.69) is 41.5 Å². The molecule has 0 N–H and O–H groups in total. The first kappa shape index (κ1) is 85.7. The summed E-state index contributed by atoms with van der Waals surface area (Å²) in [6.07, 6.45) is 39.9. The van der Waals surface area contributed by atoms with Crippen LogP contribution in [-0.2, 0) is 25.2 Å². The molecule has 0 atom stereocenters. The van der Waals surface area contributed by atoms with Crippen molar-refractivity contribution in [2.45, 2.75) is 292 Å². The van der Waals surface area contributed by atoms with Gasteiger partial charge in [0.15, 0.2) is 69.8 Å². The van der Waals surface area contributed by atoms with Gasteiger partial charge in [-0.1, -0.05) is 0 Å². The molecule has 6 fully saturated rings. The van der Waals surface area contributed by atoms with E-state index < -0.39 is 165 Å². The van der Waals surface area contributed by atoms with Crippen molar-refractivity contribution < 1.29 is 118 Å². The first-order valence-electron chi connectivity index (χ1n) is 34.7. The summed E-state index contributed by atoms with van der Waals surface area (Å²) in [7, 11) is -2.59. The minimum Gasteiger partial charge on any atom is -0.207 e. The van der Waals surface area contributed by atoms with Crippen molar-refractivity contribution in [1.29, 1.82) is 5.26 Å². The molecule has 0 aliphatic heterocycles. The molecule has 0 heterocycles. The summed E-state index contributed by atoms with van der Waals surface area (Å²) in [5, 5.41) is 17.5. The summed E-state index contributed by atoms with van der Waals surface area (Å²) >= 11 is 0. The maximum atomic E-state index is 15.4.